The smallest absolute Gasteiger partial charge is 0.335 e. The van der Waals surface area contributed by atoms with E-state index in [-0.39, 0.29) is 22.9 Å². The molecule has 1 N–H and O–H groups in total. The van der Waals surface area contributed by atoms with Crippen molar-refractivity contribution in [2.24, 2.45) is 0 Å². The van der Waals surface area contributed by atoms with Crippen LogP contribution >= 0.6 is 11.6 Å². The van der Waals surface area contributed by atoms with Crippen molar-refractivity contribution in [1.82, 2.24) is 0 Å². The number of carboxylic acid groups (broad SMARTS) is 1. The number of carboxylic acids is 1. The predicted molar refractivity (Wildman–Crippen MR) is 75.8 cm³/mol. The van der Waals surface area contributed by atoms with E-state index in [2.05, 4.69) is 0 Å². The molecule has 108 valence electrons. The lowest BCUT2D eigenvalue weighted by Crippen LogP contribution is -2.00. The van der Waals surface area contributed by atoms with Gasteiger partial charge >= 0.3 is 5.97 Å². The van der Waals surface area contributed by atoms with Crippen molar-refractivity contribution in [3.05, 3.63) is 68.7 Å². The summed E-state index contributed by atoms with van der Waals surface area (Å²) in [6.07, 6.45) is 0. The van der Waals surface area contributed by atoms with E-state index < -0.39 is 10.9 Å². The van der Waals surface area contributed by atoms with Gasteiger partial charge in [-0.15, -0.1) is 0 Å². The fraction of sp³-hybridized carbons (Fsp3) is 0.0714. The lowest BCUT2D eigenvalue weighted by Gasteiger charge is -2.08. The molecular weight excluding hydrogens is 298 g/mol. The van der Waals surface area contributed by atoms with Crippen LogP contribution in [0.3, 0.4) is 0 Å². The van der Waals surface area contributed by atoms with Crippen molar-refractivity contribution in [3.63, 3.8) is 0 Å². The van der Waals surface area contributed by atoms with Crippen molar-refractivity contribution in [3.8, 4) is 5.75 Å². The number of carbonyl (C=O) groups is 1. The maximum atomic E-state index is 10.8. The minimum Gasteiger partial charge on any atom is -0.489 e. The van der Waals surface area contributed by atoms with Crippen LogP contribution in [0.2, 0.25) is 5.02 Å². The van der Waals surface area contributed by atoms with Crippen molar-refractivity contribution in [1.29, 1.82) is 0 Å². The van der Waals surface area contributed by atoms with E-state index in [0.717, 1.165) is 0 Å². The van der Waals surface area contributed by atoms with E-state index in [9.17, 15) is 14.9 Å². The summed E-state index contributed by atoms with van der Waals surface area (Å²) in [7, 11) is 0. The summed E-state index contributed by atoms with van der Waals surface area (Å²) in [5.41, 5.74) is 0.585. The summed E-state index contributed by atoms with van der Waals surface area (Å²) in [6.45, 7) is 0.0832. The summed E-state index contributed by atoms with van der Waals surface area (Å²) in [5, 5.41) is 19.7. The first-order chi connectivity index (χ1) is 9.97. The zero-order valence-electron chi connectivity index (χ0n) is 10.7. The Labute approximate surface area is 124 Å². The zero-order valence-corrected chi connectivity index (χ0v) is 11.4. The van der Waals surface area contributed by atoms with E-state index in [4.69, 9.17) is 21.4 Å². The Kier molecular flexibility index (Phi) is 4.39. The van der Waals surface area contributed by atoms with E-state index in [1.807, 2.05) is 0 Å². The van der Waals surface area contributed by atoms with Crippen LogP contribution in [-0.4, -0.2) is 16.0 Å². The third-order valence-electron chi connectivity index (χ3n) is 2.72. The standard InChI is InChI=1S/C14H10ClNO5/c15-13-7-11(16(19)20)5-4-10(13)8-21-12-3-1-2-9(6-12)14(17)18/h1-7H,8H2,(H,17,18). The molecule has 0 aromatic heterocycles. The Morgan fingerprint density at radius 2 is 2.05 bits per heavy atom. The van der Waals surface area contributed by atoms with Crippen LogP contribution in [0.15, 0.2) is 42.5 Å². The molecule has 0 heterocycles. The van der Waals surface area contributed by atoms with E-state index in [0.29, 0.717) is 11.3 Å². The number of hydrogen-bond donors (Lipinski definition) is 1. The van der Waals surface area contributed by atoms with Gasteiger partial charge in [-0.05, 0) is 24.3 Å². The van der Waals surface area contributed by atoms with Gasteiger partial charge in [-0.3, -0.25) is 10.1 Å². The highest BCUT2D eigenvalue weighted by molar-refractivity contribution is 6.31. The largest absolute Gasteiger partial charge is 0.489 e. The quantitative estimate of drug-likeness (QED) is 0.674. The Morgan fingerprint density at radius 3 is 2.67 bits per heavy atom. The van der Waals surface area contributed by atoms with Crippen molar-refractivity contribution < 1.29 is 19.6 Å². The molecule has 0 bridgehead atoms. The molecule has 0 saturated carbocycles. The first-order valence-corrected chi connectivity index (χ1v) is 6.24. The molecule has 0 saturated heterocycles. The monoisotopic (exact) mass is 307 g/mol. The molecular formula is C14H10ClNO5. The van der Waals surface area contributed by atoms with Gasteiger partial charge in [0.05, 0.1) is 15.5 Å². The molecule has 2 rings (SSSR count). The molecule has 6 nitrogen and oxygen atoms in total. The molecule has 21 heavy (non-hydrogen) atoms. The summed E-state index contributed by atoms with van der Waals surface area (Å²) in [5.74, 6) is -0.668. The number of hydrogen-bond acceptors (Lipinski definition) is 4. The summed E-state index contributed by atoms with van der Waals surface area (Å²) in [6, 6.07) is 10.1. The normalized spacial score (nSPS) is 10.1. The molecule has 0 aliphatic carbocycles. The average molecular weight is 308 g/mol. The first kappa shape index (κ1) is 14.8. The molecule has 0 unspecified atom stereocenters. The topological polar surface area (TPSA) is 89.7 Å². The number of nitro groups is 1. The molecule has 0 aliphatic heterocycles. The fourth-order valence-corrected chi connectivity index (χ4v) is 1.88. The molecule has 2 aromatic rings. The zero-order chi connectivity index (χ0) is 15.4. The van der Waals surface area contributed by atoms with Gasteiger partial charge in [0.1, 0.15) is 12.4 Å². The number of nitro benzene ring substituents is 1. The van der Waals surface area contributed by atoms with Gasteiger partial charge in [0.25, 0.3) is 5.69 Å². The number of aromatic carboxylic acids is 1. The Bertz CT molecular complexity index is 702. The second-order valence-corrected chi connectivity index (χ2v) is 4.56. The number of rotatable bonds is 5. The third kappa shape index (κ3) is 3.70. The lowest BCUT2D eigenvalue weighted by molar-refractivity contribution is -0.384. The average Bonchev–Trinajstić information content (AvgIpc) is 2.46. The fourth-order valence-electron chi connectivity index (χ4n) is 1.65. The Hall–Kier alpha value is -2.60. The van der Waals surface area contributed by atoms with Gasteiger partial charge < -0.3 is 9.84 Å². The SMILES string of the molecule is O=C(O)c1cccc(OCc2ccc([N+](=O)[O-])cc2Cl)c1. The van der Waals surface area contributed by atoms with Crippen LogP contribution in [0.25, 0.3) is 0 Å². The highest BCUT2D eigenvalue weighted by atomic mass is 35.5. The highest BCUT2D eigenvalue weighted by Gasteiger charge is 2.10. The Balaban J connectivity index is 2.11. The molecule has 7 heteroatoms. The minimum atomic E-state index is -1.05. The van der Waals surface area contributed by atoms with E-state index in [1.165, 1.54) is 30.3 Å². The van der Waals surface area contributed by atoms with Crippen LogP contribution < -0.4 is 4.74 Å². The van der Waals surface area contributed by atoms with Crippen LogP contribution in [0.5, 0.6) is 5.75 Å². The molecule has 0 radical (unpaired) electrons. The van der Waals surface area contributed by atoms with Crippen LogP contribution in [0, 0.1) is 10.1 Å². The van der Waals surface area contributed by atoms with Gasteiger partial charge in [-0.25, -0.2) is 4.79 Å². The van der Waals surface area contributed by atoms with Crippen molar-refractivity contribution >= 4 is 23.3 Å². The number of non-ortho nitro benzene ring substituents is 1. The van der Waals surface area contributed by atoms with Crippen LogP contribution in [0.4, 0.5) is 5.69 Å². The summed E-state index contributed by atoms with van der Waals surface area (Å²) >= 11 is 5.94. The predicted octanol–water partition coefficient (Wildman–Crippen LogP) is 3.53. The number of ether oxygens (including phenoxy) is 1. The second kappa shape index (κ2) is 6.23. The minimum absolute atomic E-state index is 0.0832. The number of nitrogens with zero attached hydrogens (tertiary/aromatic N) is 1. The Morgan fingerprint density at radius 1 is 1.29 bits per heavy atom. The molecule has 0 atom stereocenters. The van der Waals surface area contributed by atoms with Gasteiger partial charge in [0.15, 0.2) is 0 Å². The maximum Gasteiger partial charge on any atom is 0.335 e. The molecule has 0 aliphatic rings. The van der Waals surface area contributed by atoms with Gasteiger partial charge in [0.2, 0.25) is 0 Å². The molecule has 0 amide bonds. The van der Waals surface area contributed by atoms with Crippen LogP contribution in [0.1, 0.15) is 15.9 Å². The van der Waals surface area contributed by atoms with E-state index >= 15 is 0 Å². The second-order valence-electron chi connectivity index (χ2n) is 4.15. The number of halogens is 1. The van der Waals surface area contributed by atoms with E-state index in [1.54, 1.807) is 12.1 Å². The van der Waals surface area contributed by atoms with Crippen molar-refractivity contribution in [2.45, 2.75) is 6.61 Å². The summed E-state index contributed by atoms with van der Waals surface area (Å²) in [4.78, 5) is 20.9. The van der Waals surface area contributed by atoms with Gasteiger partial charge in [0, 0.05) is 17.7 Å². The van der Waals surface area contributed by atoms with Gasteiger partial charge in [-0.1, -0.05) is 17.7 Å². The number of benzene rings is 2. The maximum absolute atomic E-state index is 10.8. The van der Waals surface area contributed by atoms with Crippen LogP contribution in [-0.2, 0) is 6.61 Å². The third-order valence-corrected chi connectivity index (χ3v) is 3.07. The van der Waals surface area contributed by atoms with Gasteiger partial charge in [-0.2, -0.15) is 0 Å². The summed E-state index contributed by atoms with van der Waals surface area (Å²) < 4.78 is 5.45. The molecule has 0 fully saturated rings. The first-order valence-electron chi connectivity index (χ1n) is 5.86. The molecule has 0 spiro atoms. The lowest BCUT2D eigenvalue weighted by atomic mass is 10.2. The van der Waals surface area contributed by atoms with Crippen molar-refractivity contribution in [2.75, 3.05) is 0 Å². The molecule has 2 aromatic carbocycles. The highest BCUT2D eigenvalue weighted by Crippen LogP contribution is 2.24.